The Kier molecular flexibility index (Phi) is 6.21. The van der Waals surface area contributed by atoms with Crippen LogP contribution >= 0.6 is 39.1 Å². The molecule has 0 unspecified atom stereocenters. The standard InChI is InChI=1S/C12H15BrCl2FN/c1-2-12(7-14,8-15)17-6-9-4-3-5-10(16)11(9)13/h3-5,17H,2,6-8H2,1H3. The molecule has 17 heavy (non-hydrogen) atoms. The summed E-state index contributed by atoms with van der Waals surface area (Å²) in [4.78, 5) is 0. The van der Waals surface area contributed by atoms with E-state index in [1.807, 2.05) is 13.0 Å². The van der Waals surface area contributed by atoms with Gasteiger partial charge in [-0.25, -0.2) is 4.39 Å². The van der Waals surface area contributed by atoms with E-state index >= 15 is 0 Å². The fourth-order valence-electron chi connectivity index (χ4n) is 1.41. The van der Waals surface area contributed by atoms with Gasteiger partial charge in [0.25, 0.3) is 0 Å². The maximum atomic E-state index is 13.3. The van der Waals surface area contributed by atoms with Crippen molar-refractivity contribution in [3.63, 3.8) is 0 Å². The van der Waals surface area contributed by atoms with E-state index in [2.05, 4.69) is 21.2 Å². The number of nitrogens with one attached hydrogen (secondary N) is 1. The first-order valence-corrected chi connectivity index (χ1v) is 7.24. The van der Waals surface area contributed by atoms with Gasteiger partial charge in [0.15, 0.2) is 0 Å². The molecule has 0 spiro atoms. The average molecular weight is 343 g/mol. The minimum Gasteiger partial charge on any atom is -0.305 e. The quantitative estimate of drug-likeness (QED) is 0.760. The summed E-state index contributed by atoms with van der Waals surface area (Å²) in [7, 11) is 0. The van der Waals surface area contributed by atoms with E-state index < -0.39 is 0 Å². The largest absolute Gasteiger partial charge is 0.305 e. The lowest BCUT2D eigenvalue weighted by Gasteiger charge is -2.30. The van der Waals surface area contributed by atoms with Crippen LogP contribution in [0, 0.1) is 5.82 Å². The third kappa shape index (κ3) is 3.82. The van der Waals surface area contributed by atoms with Gasteiger partial charge in [-0.3, -0.25) is 0 Å². The van der Waals surface area contributed by atoms with Crippen molar-refractivity contribution in [1.82, 2.24) is 5.32 Å². The van der Waals surface area contributed by atoms with E-state index in [4.69, 9.17) is 23.2 Å². The number of hydrogen-bond acceptors (Lipinski definition) is 1. The Morgan fingerprint density at radius 2 is 2.00 bits per heavy atom. The molecule has 1 aromatic rings. The van der Waals surface area contributed by atoms with Crippen LogP contribution in [0.4, 0.5) is 4.39 Å². The molecule has 0 bridgehead atoms. The van der Waals surface area contributed by atoms with Gasteiger partial charge in [-0.05, 0) is 34.0 Å². The van der Waals surface area contributed by atoms with Crippen LogP contribution in [0.25, 0.3) is 0 Å². The summed E-state index contributed by atoms with van der Waals surface area (Å²) >= 11 is 15.1. The zero-order valence-electron chi connectivity index (χ0n) is 9.57. The molecular weight excluding hydrogens is 328 g/mol. The predicted octanol–water partition coefficient (Wildman–Crippen LogP) is 4.30. The highest BCUT2D eigenvalue weighted by atomic mass is 79.9. The Bertz CT molecular complexity index is 361. The van der Waals surface area contributed by atoms with E-state index in [0.717, 1.165) is 12.0 Å². The zero-order valence-corrected chi connectivity index (χ0v) is 12.7. The van der Waals surface area contributed by atoms with Crippen LogP contribution in [0.5, 0.6) is 0 Å². The minimum atomic E-state index is -0.297. The van der Waals surface area contributed by atoms with Crippen LogP contribution < -0.4 is 5.32 Å². The molecule has 5 heteroatoms. The minimum absolute atomic E-state index is 0.261. The normalized spacial score (nSPS) is 11.8. The number of benzene rings is 1. The monoisotopic (exact) mass is 341 g/mol. The molecule has 1 rings (SSSR count). The van der Waals surface area contributed by atoms with Crippen molar-refractivity contribution in [1.29, 1.82) is 0 Å². The lowest BCUT2D eigenvalue weighted by Crippen LogP contribution is -2.47. The van der Waals surface area contributed by atoms with Crippen molar-refractivity contribution in [3.8, 4) is 0 Å². The molecule has 0 aliphatic carbocycles. The van der Waals surface area contributed by atoms with Crippen LogP contribution in [0.1, 0.15) is 18.9 Å². The second kappa shape index (κ2) is 6.93. The smallest absolute Gasteiger partial charge is 0.137 e. The lowest BCUT2D eigenvalue weighted by atomic mass is 10.0. The summed E-state index contributed by atoms with van der Waals surface area (Å²) in [6.07, 6.45) is 0.826. The molecule has 0 amide bonds. The maximum Gasteiger partial charge on any atom is 0.137 e. The van der Waals surface area contributed by atoms with Crippen molar-refractivity contribution in [3.05, 3.63) is 34.1 Å². The first-order chi connectivity index (χ1) is 8.08. The topological polar surface area (TPSA) is 12.0 Å². The number of halogens is 4. The zero-order chi connectivity index (χ0) is 12.9. The van der Waals surface area contributed by atoms with Gasteiger partial charge in [0.2, 0.25) is 0 Å². The van der Waals surface area contributed by atoms with Crippen LogP contribution in [0.3, 0.4) is 0 Å². The Morgan fingerprint density at radius 1 is 1.35 bits per heavy atom. The molecule has 1 nitrogen and oxygen atoms in total. The van der Waals surface area contributed by atoms with Gasteiger partial charge in [-0.2, -0.15) is 0 Å². The molecule has 0 saturated carbocycles. The molecule has 0 aliphatic heterocycles. The van der Waals surface area contributed by atoms with E-state index in [0.29, 0.717) is 22.8 Å². The van der Waals surface area contributed by atoms with Gasteiger partial charge >= 0.3 is 0 Å². The molecule has 1 aromatic carbocycles. The molecule has 0 radical (unpaired) electrons. The highest BCUT2D eigenvalue weighted by Gasteiger charge is 2.25. The van der Waals surface area contributed by atoms with E-state index in [1.54, 1.807) is 6.07 Å². The van der Waals surface area contributed by atoms with Crippen molar-refractivity contribution in [2.24, 2.45) is 0 Å². The number of hydrogen-bond donors (Lipinski definition) is 1. The predicted molar refractivity (Wildman–Crippen MR) is 75.4 cm³/mol. The molecule has 0 heterocycles. The summed E-state index contributed by atoms with van der Waals surface area (Å²) in [5, 5.41) is 3.31. The molecule has 0 aromatic heterocycles. The third-order valence-electron chi connectivity index (χ3n) is 2.87. The first-order valence-electron chi connectivity index (χ1n) is 5.38. The van der Waals surface area contributed by atoms with Crippen molar-refractivity contribution in [2.45, 2.75) is 25.4 Å². The Morgan fingerprint density at radius 3 is 2.53 bits per heavy atom. The molecule has 0 atom stereocenters. The second-order valence-corrected chi connectivity index (χ2v) is 5.30. The van der Waals surface area contributed by atoms with Gasteiger partial charge in [0.1, 0.15) is 5.82 Å². The van der Waals surface area contributed by atoms with Crippen LogP contribution in [0.2, 0.25) is 0 Å². The highest BCUT2D eigenvalue weighted by Crippen LogP contribution is 2.22. The summed E-state index contributed by atoms with van der Waals surface area (Å²) < 4.78 is 13.8. The highest BCUT2D eigenvalue weighted by molar-refractivity contribution is 9.10. The van der Waals surface area contributed by atoms with E-state index in [9.17, 15) is 4.39 Å². The Hall–Kier alpha value is 0.170. The molecule has 0 aliphatic rings. The van der Waals surface area contributed by atoms with Gasteiger partial charge in [0.05, 0.1) is 4.47 Å². The summed E-state index contributed by atoms with van der Waals surface area (Å²) in [6.45, 7) is 2.56. The summed E-state index contributed by atoms with van der Waals surface area (Å²) in [5.74, 6) is 0.600. The number of rotatable bonds is 6. The fourth-order valence-corrected chi connectivity index (χ4v) is 2.67. The summed E-state index contributed by atoms with van der Waals surface area (Å²) in [6, 6.07) is 4.97. The van der Waals surface area contributed by atoms with Gasteiger partial charge in [-0.1, -0.05) is 19.1 Å². The molecule has 96 valence electrons. The first kappa shape index (κ1) is 15.2. The van der Waals surface area contributed by atoms with Gasteiger partial charge < -0.3 is 5.32 Å². The van der Waals surface area contributed by atoms with Crippen molar-refractivity contribution in [2.75, 3.05) is 11.8 Å². The Balaban J connectivity index is 2.75. The molecule has 1 N–H and O–H groups in total. The average Bonchev–Trinajstić information content (AvgIpc) is 2.36. The Labute approximate surface area is 120 Å². The number of alkyl halides is 2. The second-order valence-electron chi connectivity index (χ2n) is 3.97. The van der Waals surface area contributed by atoms with E-state index in [-0.39, 0.29) is 11.4 Å². The van der Waals surface area contributed by atoms with Crippen LogP contribution in [-0.4, -0.2) is 17.3 Å². The summed E-state index contributed by atoms with van der Waals surface area (Å²) in [5.41, 5.74) is 0.563. The third-order valence-corrected chi connectivity index (χ3v) is 4.79. The van der Waals surface area contributed by atoms with Gasteiger partial charge in [-0.15, -0.1) is 23.2 Å². The maximum absolute atomic E-state index is 13.3. The molecular formula is C12H15BrCl2FN. The van der Waals surface area contributed by atoms with Crippen molar-refractivity contribution >= 4 is 39.1 Å². The van der Waals surface area contributed by atoms with Crippen LogP contribution in [0.15, 0.2) is 22.7 Å². The van der Waals surface area contributed by atoms with Crippen molar-refractivity contribution < 1.29 is 4.39 Å². The fraction of sp³-hybridized carbons (Fsp3) is 0.500. The SMILES string of the molecule is CCC(CCl)(CCl)NCc1cccc(F)c1Br. The van der Waals surface area contributed by atoms with Gasteiger partial charge in [0, 0.05) is 23.8 Å². The van der Waals surface area contributed by atoms with E-state index in [1.165, 1.54) is 6.07 Å². The van der Waals surface area contributed by atoms with Crippen LogP contribution in [-0.2, 0) is 6.54 Å². The molecule has 0 fully saturated rings. The molecule has 0 saturated heterocycles. The lowest BCUT2D eigenvalue weighted by molar-refractivity contribution is 0.384.